The van der Waals surface area contributed by atoms with E-state index in [2.05, 4.69) is 9.97 Å². The molecule has 27 heavy (non-hydrogen) atoms. The first-order valence-electron chi connectivity index (χ1n) is 8.66. The van der Waals surface area contributed by atoms with E-state index in [9.17, 15) is 22.4 Å². The van der Waals surface area contributed by atoms with Gasteiger partial charge in [-0.2, -0.15) is 13.2 Å². The zero-order chi connectivity index (χ0) is 20.0. The Morgan fingerprint density at radius 3 is 2.56 bits per heavy atom. The van der Waals surface area contributed by atoms with Crippen LogP contribution in [0.15, 0.2) is 23.0 Å². The van der Waals surface area contributed by atoms with Gasteiger partial charge in [0.05, 0.1) is 16.8 Å². The maximum absolute atomic E-state index is 14.3. The largest absolute Gasteiger partial charge is 0.419 e. The van der Waals surface area contributed by atoms with Crippen molar-refractivity contribution in [2.45, 2.75) is 51.9 Å². The fourth-order valence-electron chi connectivity index (χ4n) is 3.13. The molecule has 0 saturated heterocycles. The van der Waals surface area contributed by atoms with Gasteiger partial charge in [-0.05, 0) is 6.07 Å². The first-order chi connectivity index (χ1) is 12.5. The van der Waals surface area contributed by atoms with Gasteiger partial charge in [-0.1, -0.05) is 32.9 Å². The van der Waals surface area contributed by atoms with Crippen molar-refractivity contribution in [2.24, 2.45) is 0 Å². The lowest BCUT2D eigenvalue weighted by molar-refractivity contribution is -0.140. The molecule has 146 valence electrons. The van der Waals surface area contributed by atoms with Gasteiger partial charge < -0.3 is 4.98 Å². The first-order valence-corrected chi connectivity index (χ1v) is 8.66. The van der Waals surface area contributed by atoms with Gasteiger partial charge in [0, 0.05) is 37.0 Å². The third-order valence-electron chi connectivity index (χ3n) is 4.64. The quantitative estimate of drug-likeness (QED) is 0.803. The third kappa shape index (κ3) is 4.05. The van der Waals surface area contributed by atoms with Gasteiger partial charge in [0.25, 0.3) is 5.56 Å². The normalized spacial score (nSPS) is 15.7. The second-order valence-corrected chi connectivity index (χ2v) is 7.83. The molecule has 0 bridgehead atoms. The molecule has 4 nitrogen and oxygen atoms in total. The number of nitrogens with zero attached hydrogens (tertiary/aromatic N) is 2. The molecule has 0 atom stereocenters. The molecule has 2 aromatic rings. The zero-order valence-corrected chi connectivity index (χ0v) is 15.4. The minimum Gasteiger partial charge on any atom is -0.310 e. The lowest BCUT2D eigenvalue weighted by atomic mass is 9.95. The van der Waals surface area contributed by atoms with Crippen LogP contribution in [0.1, 0.15) is 49.0 Å². The number of H-pyrrole nitrogens is 1. The predicted octanol–water partition coefficient (Wildman–Crippen LogP) is 3.78. The molecular weight excluding hydrogens is 362 g/mol. The number of alkyl halides is 3. The van der Waals surface area contributed by atoms with E-state index in [1.54, 1.807) is 4.90 Å². The van der Waals surface area contributed by atoms with Crippen LogP contribution in [-0.2, 0) is 31.1 Å². The molecule has 0 fully saturated rings. The van der Waals surface area contributed by atoms with E-state index in [0.29, 0.717) is 30.0 Å². The molecule has 0 unspecified atom stereocenters. The highest BCUT2D eigenvalue weighted by atomic mass is 19.4. The minimum atomic E-state index is -4.74. The molecule has 0 amide bonds. The van der Waals surface area contributed by atoms with E-state index >= 15 is 0 Å². The van der Waals surface area contributed by atoms with Crippen LogP contribution >= 0.6 is 0 Å². The Bertz CT molecular complexity index is 913. The lowest BCUT2D eigenvalue weighted by Crippen LogP contribution is -2.37. The maximum atomic E-state index is 14.3. The SMILES string of the molecule is CC(C)(C)c1nc2c(c(=O)[nH]1)CN(Cc1cccc(C(F)(F)F)c1F)CC2. The smallest absolute Gasteiger partial charge is 0.310 e. The molecular formula is C19H21F4N3O. The van der Waals surface area contributed by atoms with Crippen molar-refractivity contribution in [3.63, 3.8) is 0 Å². The summed E-state index contributed by atoms with van der Waals surface area (Å²) >= 11 is 0. The molecule has 0 saturated carbocycles. The van der Waals surface area contributed by atoms with Crippen molar-refractivity contribution in [1.29, 1.82) is 0 Å². The van der Waals surface area contributed by atoms with Crippen LogP contribution in [-0.4, -0.2) is 21.4 Å². The number of aromatic nitrogens is 2. The summed E-state index contributed by atoms with van der Waals surface area (Å²) in [4.78, 5) is 21.5. The van der Waals surface area contributed by atoms with Gasteiger partial charge in [0.15, 0.2) is 0 Å². The summed E-state index contributed by atoms with van der Waals surface area (Å²) in [6.07, 6.45) is -4.25. The van der Waals surface area contributed by atoms with Crippen molar-refractivity contribution in [1.82, 2.24) is 14.9 Å². The molecule has 1 aromatic heterocycles. The second-order valence-electron chi connectivity index (χ2n) is 7.83. The number of nitrogens with one attached hydrogen (secondary N) is 1. The fraction of sp³-hybridized carbons (Fsp3) is 0.474. The monoisotopic (exact) mass is 383 g/mol. The summed E-state index contributed by atoms with van der Waals surface area (Å²) < 4.78 is 52.9. The van der Waals surface area contributed by atoms with Crippen LogP contribution in [0.25, 0.3) is 0 Å². The van der Waals surface area contributed by atoms with Gasteiger partial charge in [0.2, 0.25) is 0 Å². The summed E-state index contributed by atoms with van der Waals surface area (Å²) in [5, 5.41) is 0. The number of fused-ring (bicyclic) bond motifs is 1. The summed E-state index contributed by atoms with van der Waals surface area (Å²) in [5.74, 6) is -0.658. The maximum Gasteiger partial charge on any atom is 0.419 e. The van der Waals surface area contributed by atoms with E-state index in [1.165, 1.54) is 12.1 Å². The topological polar surface area (TPSA) is 49.0 Å². The van der Waals surface area contributed by atoms with Gasteiger partial charge in [-0.3, -0.25) is 9.69 Å². The van der Waals surface area contributed by atoms with Gasteiger partial charge in [0.1, 0.15) is 11.6 Å². The summed E-state index contributed by atoms with van der Waals surface area (Å²) in [6, 6.07) is 3.27. The average molecular weight is 383 g/mol. The Morgan fingerprint density at radius 1 is 1.22 bits per heavy atom. The van der Waals surface area contributed by atoms with E-state index in [-0.39, 0.29) is 29.6 Å². The molecule has 1 aliphatic rings. The summed E-state index contributed by atoms with van der Waals surface area (Å²) in [7, 11) is 0. The number of aromatic amines is 1. The highest BCUT2D eigenvalue weighted by Crippen LogP contribution is 2.33. The molecule has 3 rings (SSSR count). The Hall–Kier alpha value is -2.22. The van der Waals surface area contributed by atoms with Crippen LogP contribution in [0, 0.1) is 5.82 Å². The Labute approximate surface area is 154 Å². The molecule has 8 heteroatoms. The highest BCUT2D eigenvalue weighted by Gasteiger charge is 2.35. The van der Waals surface area contributed by atoms with Crippen molar-refractivity contribution in [3.05, 3.63) is 62.6 Å². The molecule has 0 aliphatic carbocycles. The van der Waals surface area contributed by atoms with Crippen molar-refractivity contribution < 1.29 is 17.6 Å². The number of rotatable bonds is 2. The molecule has 1 aromatic carbocycles. The number of hydrogen-bond acceptors (Lipinski definition) is 3. The van der Waals surface area contributed by atoms with Crippen LogP contribution in [0.4, 0.5) is 17.6 Å². The van der Waals surface area contributed by atoms with E-state index < -0.39 is 17.6 Å². The number of benzene rings is 1. The number of halogens is 4. The van der Waals surface area contributed by atoms with Crippen LogP contribution in [0.3, 0.4) is 0 Å². The fourth-order valence-corrected chi connectivity index (χ4v) is 3.13. The van der Waals surface area contributed by atoms with Crippen LogP contribution < -0.4 is 5.56 Å². The highest BCUT2D eigenvalue weighted by molar-refractivity contribution is 5.29. The van der Waals surface area contributed by atoms with Crippen LogP contribution in [0.5, 0.6) is 0 Å². The number of hydrogen-bond donors (Lipinski definition) is 1. The predicted molar refractivity (Wildman–Crippen MR) is 92.8 cm³/mol. The molecule has 0 spiro atoms. The Morgan fingerprint density at radius 2 is 1.93 bits per heavy atom. The molecule has 1 aliphatic heterocycles. The van der Waals surface area contributed by atoms with Crippen molar-refractivity contribution >= 4 is 0 Å². The standard InChI is InChI=1S/C19H21F4N3O/c1-18(2,3)17-24-14-7-8-26(10-12(14)16(27)25-17)9-11-5-4-6-13(15(11)20)19(21,22)23/h4-6H,7-10H2,1-3H3,(H,24,25,27). The minimum absolute atomic E-state index is 0.00431. The lowest BCUT2D eigenvalue weighted by Gasteiger charge is -2.29. The van der Waals surface area contributed by atoms with E-state index in [1.807, 2.05) is 20.8 Å². The Kier molecular flexibility index (Phi) is 4.88. The van der Waals surface area contributed by atoms with Crippen molar-refractivity contribution in [2.75, 3.05) is 6.54 Å². The van der Waals surface area contributed by atoms with Gasteiger partial charge in [-0.25, -0.2) is 9.37 Å². The Balaban J connectivity index is 1.85. The van der Waals surface area contributed by atoms with Gasteiger partial charge in [-0.15, -0.1) is 0 Å². The second kappa shape index (κ2) is 6.74. The molecule has 2 heterocycles. The summed E-state index contributed by atoms with van der Waals surface area (Å²) in [6.45, 7) is 6.55. The average Bonchev–Trinajstić information content (AvgIpc) is 2.55. The first kappa shape index (κ1) is 19.5. The zero-order valence-electron chi connectivity index (χ0n) is 15.4. The van der Waals surface area contributed by atoms with Gasteiger partial charge >= 0.3 is 6.18 Å². The summed E-state index contributed by atoms with van der Waals surface area (Å²) in [5.41, 5.74) is -0.673. The van der Waals surface area contributed by atoms with Crippen LogP contribution in [0.2, 0.25) is 0 Å². The third-order valence-corrected chi connectivity index (χ3v) is 4.64. The molecule has 1 N–H and O–H groups in total. The van der Waals surface area contributed by atoms with E-state index in [4.69, 9.17) is 0 Å². The molecule has 0 radical (unpaired) electrons. The van der Waals surface area contributed by atoms with E-state index in [0.717, 1.165) is 6.07 Å². The van der Waals surface area contributed by atoms with Crippen molar-refractivity contribution in [3.8, 4) is 0 Å².